The number of fused-ring (bicyclic) bond motifs is 5. The highest BCUT2D eigenvalue weighted by Crippen LogP contribution is 2.45. The van der Waals surface area contributed by atoms with Crippen molar-refractivity contribution in [3.05, 3.63) is 96.1 Å². The van der Waals surface area contributed by atoms with E-state index in [0.29, 0.717) is 0 Å². The molecule has 0 saturated carbocycles. The predicted octanol–water partition coefficient (Wildman–Crippen LogP) is 9.73. The summed E-state index contributed by atoms with van der Waals surface area (Å²) in [5.74, 6) is 0. The molecule has 0 saturated heterocycles. The lowest BCUT2D eigenvalue weighted by atomic mass is 10.0. The van der Waals surface area contributed by atoms with E-state index in [4.69, 9.17) is 0 Å². The van der Waals surface area contributed by atoms with Gasteiger partial charge in [0, 0.05) is 20.2 Å². The number of hydrogen-bond acceptors (Lipinski definition) is 2. The van der Waals surface area contributed by atoms with Crippen molar-refractivity contribution in [1.82, 2.24) is 0 Å². The summed E-state index contributed by atoms with van der Waals surface area (Å²) >= 11 is 3.86. The molecule has 2 aromatic heterocycles. The first-order valence-electron chi connectivity index (χ1n) is 11.3. The average Bonchev–Trinajstić information content (AvgIpc) is 3.39. The topological polar surface area (TPSA) is 0 Å². The molecule has 0 unspecified atom stereocenters. The molecule has 32 heavy (non-hydrogen) atoms. The molecule has 4 aromatic carbocycles. The fraction of sp³-hybridized carbons (Fsp3) is 0.133. The molecule has 2 heterocycles. The Morgan fingerprint density at radius 2 is 0.844 bits per heavy atom. The maximum absolute atomic E-state index is 2.36. The Labute approximate surface area is 196 Å². The third-order valence-electron chi connectivity index (χ3n) is 6.47. The molecule has 0 N–H and O–H groups in total. The van der Waals surface area contributed by atoms with Crippen LogP contribution in [0.4, 0.5) is 0 Å². The van der Waals surface area contributed by atoms with E-state index in [1.165, 1.54) is 63.0 Å². The summed E-state index contributed by atoms with van der Waals surface area (Å²) < 4.78 is 5.60. The van der Waals surface area contributed by atoms with E-state index in [0.717, 1.165) is 12.8 Å². The summed E-state index contributed by atoms with van der Waals surface area (Å²) in [5.41, 5.74) is 7.97. The molecular weight excluding hydrogens is 424 g/mol. The van der Waals surface area contributed by atoms with Crippen molar-refractivity contribution in [1.29, 1.82) is 0 Å². The Morgan fingerprint density at radius 3 is 1.22 bits per heavy atom. The largest absolute Gasteiger partial charge is 0.134 e. The zero-order valence-electron chi connectivity index (χ0n) is 18.3. The maximum Gasteiger partial charge on any atom is 0.0542 e. The molecule has 0 bridgehead atoms. The van der Waals surface area contributed by atoms with Crippen molar-refractivity contribution in [2.24, 2.45) is 0 Å². The summed E-state index contributed by atoms with van der Waals surface area (Å²) in [7, 11) is 0. The monoisotopic (exact) mass is 448 g/mol. The van der Waals surface area contributed by atoms with Crippen molar-refractivity contribution in [3.63, 3.8) is 0 Å². The van der Waals surface area contributed by atoms with Gasteiger partial charge < -0.3 is 0 Å². The fourth-order valence-corrected chi connectivity index (χ4v) is 7.21. The first-order chi connectivity index (χ1) is 15.7. The third kappa shape index (κ3) is 3.26. The van der Waals surface area contributed by atoms with Gasteiger partial charge >= 0.3 is 0 Å². The van der Waals surface area contributed by atoms with Gasteiger partial charge in [-0.3, -0.25) is 0 Å². The summed E-state index contributed by atoms with van der Waals surface area (Å²) in [5, 5.41) is 2.77. The molecule has 2 heteroatoms. The van der Waals surface area contributed by atoms with E-state index in [1.807, 2.05) is 22.7 Å². The molecule has 0 aliphatic heterocycles. The minimum Gasteiger partial charge on any atom is -0.134 e. The third-order valence-corrected chi connectivity index (χ3v) is 8.97. The summed E-state index contributed by atoms with van der Waals surface area (Å²) in [6.45, 7) is 4.41. The number of benzene rings is 4. The van der Waals surface area contributed by atoms with Crippen LogP contribution in [0.1, 0.15) is 25.0 Å². The average molecular weight is 449 g/mol. The molecule has 0 spiro atoms. The second kappa shape index (κ2) is 7.88. The highest BCUT2D eigenvalue weighted by atomic mass is 32.1. The second-order valence-electron chi connectivity index (χ2n) is 8.39. The number of hydrogen-bond donors (Lipinski definition) is 0. The molecule has 6 rings (SSSR count). The minimum atomic E-state index is 1.08. The second-order valence-corrected chi connectivity index (χ2v) is 10.5. The van der Waals surface area contributed by atoms with Gasteiger partial charge in [0.15, 0.2) is 0 Å². The molecule has 0 nitrogen and oxygen atoms in total. The van der Waals surface area contributed by atoms with Gasteiger partial charge in [0.25, 0.3) is 0 Å². The van der Waals surface area contributed by atoms with E-state index in [1.54, 1.807) is 0 Å². The highest BCUT2D eigenvalue weighted by Gasteiger charge is 2.13. The lowest BCUT2D eigenvalue weighted by Gasteiger charge is -2.04. The van der Waals surface area contributed by atoms with Crippen LogP contribution in [0.15, 0.2) is 84.9 Å². The Bertz CT molecular complexity index is 1440. The van der Waals surface area contributed by atoms with Gasteiger partial charge in [-0.25, -0.2) is 0 Å². The first kappa shape index (κ1) is 19.7. The SMILES string of the molecule is CCc1ccc(-c2ccc3c(c2)sc2c4ccc(-c5ccc(CC)cc5)cc4sc32)cc1. The molecule has 156 valence electrons. The van der Waals surface area contributed by atoms with Crippen molar-refractivity contribution in [2.45, 2.75) is 26.7 Å². The zero-order valence-corrected chi connectivity index (χ0v) is 19.9. The van der Waals surface area contributed by atoms with E-state index in [9.17, 15) is 0 Å². The lowest BCUT2D eigenvalue weighted by molar-refractivity contribution is 1.14. The summed E-state index contributed by atoms with van der Waals surface area (Å²) in [6, 6.07) is 31.9. The quantitative estimate of drug-likeness (QED) is 0.252. The van der Waals surface area contributed by atoms with Gasteiger partial charge in [-0.2, -0.15) is 0 Å². The fourth-order valence-electron chi connectivity index (χ4n) is 4.48. The van der Waals surface area contributed by atoms with E-state index < -0.39 is 0 Å². The smallest absolute Gasteiger partial charge is 0.0542 e. The molecule has 0 radical (unpaired) electrons. The molecule has 0 aliphatic rings. The van der Waals surface area contributed by atoms with Crippen molar-refractivity contribution in [2.75, 3.05) is 0 Å². The normalized spacial score (nSPS) is 11.7. The summed E-state index contributed by atoms with van der Waals surface area (Å²) in [6.07, 6.45) is 2.17. The van der Waals surface area contributed by atoms with Crippen molar-refractivity contribution < 1.29 is 0 Å². The van der Waals surface area contributed by atoms with Crippen LogP contribution in [0, 0.1) is 0 Å². The van der Waals surface area contributed by atoms with Gasteiger partial charge in [0.05, 0.1) is 9.40 Å². The van der Waals surface area contributed by atoms with Gasteiger partial charge in [-0.1, -0.05) is 86.6 Å². The zero-order chi connectivity index (χ0) is 21.7. The number of rotatable bonds is 4. The Kier molecular flexibility index (Phi) is 4.86. The van der Waals surface area contributed by atoms with Crippen LogP contribution in [-0.4, -0.2) is 0 Å². The van der Waals surface area contributed by atoms with Gasteiger partial charge in [0.1, 0.15) is 0 Å². The molecule has 0 amide bonds. The van der Waals surface area contributed by atoms with Crippen LogP contribution in [0.5, 0.6) is 0 Å². The van der Waals surface area contributed by atoms with Crippen LogP contribution in [-0.2, 0) is 12.8 Å². The van der Waals surface area contributed by atoms with Gasteiger partial charge in [-0.15, -0.1) is 22.7 Å². The molecule has 0 fully saturated rings. The van der Waals surface area contributed by atoms with Crippen LogP contribution < -0.4 is 0 Å². The van der Waals surface area contributed by atoms with Crippen LogP contribution in [0.3, 0.4) is 0 Å². The first-order valence-corrected chi connectivity index (χ1v) is 12.9. The summed E-state index contributed by atoms with van der Waals surface area (Å²) in [4.78, 5) is 0. The van der Waals surface area contributed by atoms with Crippen LogP contribution in [0.25, 0.3) is 51.8 Å². The molecule has 0 atom stereocenters. The van der Waals surface area contributed by atoms with Crippen LogP contribution >= 0.6 is 22.7 Å². The van der Waals surface area contributed by atoms with Gasteiger partial charge in [0.2, 0.25) is 0 Å². The predicted molar refractivity (Wildman–Crippen MR) is 144 cm³/mol. The molecule has 0 aliphatic carbocycles. The Hall–Kier alpha value is -2.94. The Morgan fingerprint density at radius 1 is 0.469 bits per heavy atom. The van der Waals surface area contributed by atoms with Crippen molar-refractivity contribution >= 4 is 52.2 Å². The minimum absolute atomic E-state index is 1.08. The lowest BCUT2D eigenvalue weighted by Crippen LogP contribution is -1.81. The van der Waals surface area contributed by atoms with E-state index in [-0.39, 0.29) is 0 Å². The standard InChI is InChI=1S/C30H24S2/c1-3-19-5-9-21(10-6-19)23-13-15-25-27(17-23)31-30-26-16-14-24(18-28(26)32-29(25)30)22-11-7-20(4-2)8-12-22/h5-18H,3-4H2,1-2H3. The van der Waals surface area contributed by atoms with Crippen LogP contribution in [0.2, 0.25) is 0 Å². The van der Waals surface area contributed by atoms with Crippen molar-refractivity contribution in [3.8, 4) is 22.3 Å². The van der Waals surface area contributed by atoms with E-state index >= 15 is 0 Å². The maximum atomic E-state index is 2.36. The number of aryl methyl sites for hydroxylation is 2. The number of thiophene rings is 2. The highest BCUT2D eigenvalue weighted by molar-refractivity contribution is 7.36. The van der Waals surface area contributed by atoms with Gasteiger partial charge in [-0.05, 0) is 58.4 Å². The molecule has 6 aromatic rings. The Balaban J connectivity index is 1.43. The molecular formula is C30H24S2. The van der Waals surface area contributed by atoms with E-state index in [2.05, 4.69) is 98.8 Å².